The van der Waals surface area contributed by atoms with E-state index in [1.807, 2.05) is 0 Å². The van der Waals surface area contributed by atoms with Crippen LogP contribution in [0.1, 0.15) is 12.8 Å². The second-order valence-corrected chi connectivity index (χ2v) is 3.57. The zero-order chi connectivity index (χ0) is 10.7. The van der Waals surface area contributed by atoms with Crippen molar-refractivity contribution in [3.63, 3.8) is 0 Å². The molecule has 0 saturated carbocycles. The van der Waals surface area contributed by atoms with Crippen LogP contribution in [-0.2, 0) is 4.79 Å². The molecule has 0 aromatic rings. The lowest BCUT2D eigenvalue weighted by molar-refractivity contribution is -0.140. The molecule has 1 aliphatic rings. The van der Waals surface area contributed by atoms with E-state index in [1.54, 1.807) is 4.90 Å². The first-order valence-electron chi connectivity index (χ1n) is 4.59. The summed E-state index contributed by atoms with van der Waals surface area (Å²) < 4.78 is 0. The van der Waals surface area contributed by atoms with Gasteiger partial charge in [-0.1, -0.05) is 0 Å². The van der Waals surface area contributed by atoms with E-state index in [1.165, 1.54) is 0 Å². The summed E-state index contributed by atoms with van der Waals surface area (Å²) >= 11 is 0. The lowest BCUT2D eigenvalue weighted by atomic mass is 9.90. The van der Waals surface area contributed by atoms with Gasteiger partial charge in [0.1, 0.15) is 6.04 Å². The normalized spacial score (nSPS) is 20.5. The molecule has 1 aliphatic heterocycles. The van der Waals surface area contributed by atoms with Gasteiger partial charge in [-0.25, -0.2) is 0 Å². The maximum Gasteiger partial charge on any atom is 0.320 e. The van der Waals surface area contributed by atoms with Crippen LogP contribution in [-0.4, -0.2) is 41.1 Å². The van der Waals surface area contributed by atoms with Gasteiger partial charge in [0.15, 0.2) is 5.96 Å². The van der Waals surface area contributed by atoms with Crippen LogP contribution in [0, 0.1) is 11.3 Å². The molecule has 0 aromatic heterocycles. The molecule has 0 radical (unpaired) electrons. The van der Waals surface area contributed by atoms with Gasteiger partial charge in [-0.05, 0) is 18.8 Å². The number of carboxylic acids is 1. The average molecular weight is 200 g/mol. The van der Waals surface area contributed by atoms with Gasteiger partial charge in [-0.3, -0.25) is 10.2 Å². The van der Waals surface area contributed by atoms with Crippen molar-refractivity contribution < 1.29 is 9.90 Å². The van der Waals surface area contributed by atoms with Crippen LogP contribution in [0.5, 0.6) is 0 Å². The van der Waals surface area contributed by atoms with Gasteiger partial charge in [-0.2, -0.15) is 0 Å². The summed E-state index contributed by atoms with van der Waals surface area (Å²) in [7, 11) is 0. The van der Waals surface area contributed by atoms with Crippen molar-refractivity contribution in [1.82, 2.24) is 4.90 Å². The van der Waals surface area contributed by atoms with E-state index < -0.39 is 12.0 Å². The maximum atomic E-state index is 10.6. The van der Waals surface area contributed by atoms with Crippen molar-refractivity contribution in [3.05, 3.63) is 0 Å². The molecule has 0 amide bonds. The number of nitrogens with one attached hydrogen (secondary N) is 1. The molecule has 0 aliphatic carbocycles. The number of nitrogens with zero attached hydrogens (tertiary/aromatic N) is 1. The first-order chi connectivity index (χ1) is 6.52. The summed E-state index contributed by atoms with van der Waals surface area (Å²) in [4.78, 5) is 12.3. The van der Waals surface area contributed by atoms with Crippen LogP contribution in [0.25, 0.3) is 0 Å². The molecule has 80 valence electrons. The minimum Gasteiger partial charge on any atom is -0.480 e. The number of aliphatic carboxylic acids is 1. The fourth-order valence-electron chi connectivity index (χ4n) is 1.70. The monoisotopic (exact) mass is 200 g/mol. The Kier molecular flexibility index (Phi) is 3.29. The molecule has 1 atom stereocenters. The third-order valence-electron chi connectivity index (χ3n) is 2.67. The van der Waals surface area contributed by atoms with Crippen LogP contribution < -0.4 is 11.5 Å². The Morgan fingerprint density at radius 1 is 1.50 bits per heavy atom. The molecule has 1 fully saturated rings. The second-order valence-electron chi connectivity index (χ2n) is 3.57. The number of piperidine rings is 1. The molecular formula is C8H16N4O2. The first kappa shape index (κ1) is 10.8. The molecule has 1 saturated heterocycles. The van der Waals surface area contributed by atoms with Crippen molar-refractivity contribution >= 4 is 11.9 Å². The quantitative estimate of drug-likeness (QED) is 0.337. The van der Waals surface area contributed by atoms with Crippen LogP contribution in [0.4, 0.5) is 0 Å². The Morgan fingerprint density at radius 2 is 2.00 bits per heavy atom. The molecule has 1 heterocycles. The second kappa shape index (κ2) is 4.28. The largest absolute Gasteiger partial charge is 0.480 e. The predicted molar refractivity (Wildman–Crippen MR) is 51.8 cm³/mol. The summed E-state index contributed by atoms with van der Waals surface area (Å²) in [6.45, 7) is 1.25. The number of nitrogens with two attached hydrogens (primary N) is 2. The van der Waals surface area contributed by atoms with E-state index in [0.29, 0.717) is 25.9 Å². The summed E-state index contributed by atoms with van der Waals surface area (Å²) in [6.07, 6.45) is 1.38. The summed E-state index contributed by atoms with van der Waals surface area (Å²) in [5, 5.41) is 15.9. The highest BCUT2D eigenvalue weighted by atomic mass is 16.4. The standard InChI is InChI=1S/C8H16N4O2/c9-6(7(13)14)5-1-3-12(4-2-5)8(10)11/h5-6H,1-4,9H2,(H3,10,11)(H,13,14)/t6-/m0/s1. The third kappa shape index (κ3) is 2.35. The summed E-state index contributed by atoms with van der Waals surface area (Å²) in [6, 6.07) is -0.788. The Balaban J connectivity index is 2.43. The van der Waals surface area contributed by atoms with Crippen LogP contribution in [0.3, 0.4) is 0 Å². The first-order valence-corrected chi connectivity index (χ1v) is 4.59. The molecule has 0 spiro atoms. The molecule has 0 unspecified atom stereocenters. The van der Waals surface area contributed by atoms with Gasteiger partial charge in [0.2, 0.25) is 0 Å². The maximum absolute atomic E-state index is 10.6. The van der Waals surface area contributed by atoms with E-state index in [-0.39, 0.29) is 11.9 Å². The van der Waals surface area contributed by atoms with Crippen molar-refractivity contribution in [2.45, 2.75) is 18.9 Å². The smallest absolute Gasteiger partial charge is 0.320 e. The average Bonchev–Trinajstić information content (AvgIpc) is 2.16. The molecule has 0 bridgehead atoms. The summed E-state index contributed by atoms with van der Waals surface area (Å²) in [5.41, 5.74) is 10.8. The van der Waals surface area contributed by atoms with Crippen molar-refractivity contribution in [2.75, 3.05) is 13.1 Å². The Labute approximate surface area is 82.4 Å². The lowest BCUT2D eigenvalue weighted by Crippen LogP contribution is -2.47. The van der Waals surface area contributed by atoms with Crippen molar-refractivity contribution in [1.29, 1.82) is 5.41 Å². The minimum atomic E-state index is -0.953. The van der Waals surface area contributed by atoms with Crippen molar-refractivity contribution in [3.8, 4) is 0 Å². The predicted octanol–water partition coefficient (Wildman–Crippen LogP) is -0.996. The molecule has 6 nitrogen and oxygen atoms in total. The highest BCUT2D eigenvalue weighted by Gasteiger charge is 2.28. The van der Waals surface area contributed by atoms with Gasteiger partial charge in [-0.15, -0.1) is 0 Å². The Hall–Kier alpha value is -1.30. The minimum absolute atomic E-state index is 0.00287. The molecule has 1 rings (SSSR count). The summed E-state index contributed by atoms with van der Waals surface area (Å²) in [5.74, 6) is -0.901. The van der Waals surface area contributed by atoms with Crippen LogP contribution >= 0.6 is 0 Å². The van der Waals surface area contributed by atoms with Crippen LogP contribution in [0.15, 0.2) is 0 Å². The number of hydrogen-bond donors (Lipinski definition) is 4. The Morgan fingerprint density at radius 3 is 2.36 bits per heavy atom. The SMILES string of the molecule is N=C(N)N1CCC([C@H](N)C(=O)O)CC1. The van der Waals surface area contributed by atoms with Crippen molar-refractivity contribution in [2.24, 2.45) is 17.4 Å². The van der Waals surface area contributed by atoms with E-state index in [0.717, 1.165) is 0 Å². The third-order valence-corrected chi connectivity index (χ3v) is 2.67. The molecule has 6 heteroatoms. The number of hydrogen-bond acceptors (Lipinski definition) is 3. The molecule has 0 aromatic carbocycles. The number of likely N-dealkylation sites (tertiary alicyclic amines) is 1. The molecule has 14 heavy (non-hydrogen) atoms. The number of rotatable bonds is 2. The number of carbonyl (C=O) groups is 1. The highest BCUT2D eigenvalue weighted by Crippen LogP contribution is 2.19. The zero-order valence-corrected chi connectivity index (χ0v) is 7.94. The fraction of sp³-hybridized carbons (Fsp3) is 0.750. The van der Waals surface area contributed by atoms with Crippen LogP contribution in [0.2, 0.25) is 0 Å². The van der Waals surface area contributed by atoms with Gasteiger partial charge >= 0.3 is 5.97 Å². The Bertz CT molecular complexity index is 235. The van der Waals surface area contributed by atoms with E-state index in [4.69, 9.17) is 22.0 Å². The number of guanidine groups is 1. The van der Waals surface area contributed by atoms with E-state index in [2.05, 4.69) is 0 Å². The van der Waals surface area contributed by atoms with Gasteiger partial charge in [0.05, 0.1) is 0 Å². The highest BCUT2D eigenvalue weighted by molar-refractivity contribution is 5.75. The van der Waals surface area contributed by atoms with Gasteiger partial charge < -0.3 is 21.5 Å². The fourth-order valence-corrected chi connectivity index (χ4v) is 1.70. The zero-order valence-electron chi connectivity index (χ0n) is 7.94. The van der Waals surface area contributed by atoms with E-state index in [9.17, 15) is 4.79 Å². The van der Waals surface area contributed by atoms with Gasteiger partial charge in [0.25, 0.3) is 0 Å². The topological polar surface area (TPSA) is 116 Å². The van der Waals surface area contributed by atoms with E-state index >= 15 is 0 Å². The molecule has 6 N–H and O–H groups in total. The molecular weight excluding hydrogens is 184 g/mol. The lowest BCUT2D eigenvalue weighted by Gasteiger charge is -2.33. The number of carboxylic acid groups (broad SMARTS) is 1. The van der Waals surface area contributed by atoms with Gasteiger partial charge in [0, 0.05) is 13.1 Å².